The Labute approximate surface area is 139 Å². The summed E-state index contributed by atoms with van der Waals surface area (Å²) in [6.07, 6.45) is 4.05. The van der Waals surface area contributed by atoms with Gasteiger partial charge in [0.25, 0.3) is 0 Å². The van der Waals surface area contributed by atoms with Crippen molar-refractivity contribution in [1.82, 2.24) is 9.47 Å². The molecule has 1 aromatic heterocycles. The van der Waals surface area contributed by atoms with E-state index in [1.807, 2.05) is 36.0 Å². The van der Waals surface area contributed by atoms with Crippen LogP contribution >= 0.6 is 11.6 Å². The van der Waals surface area contributed by atoms with Gasteiger partial charge in [0.1, 0.15) is 0 Å². The predicted molar refractivity (Wildman–Crippen MR) is 89.8 cm³/mol. The number of anilines is 1. The molecule has 2 amide bonds. The van der Waals surface area contributed by atoms with Crippen molar-refractivity contribution in [3.63, 3.8) is 0 Å². The molecule has 2 heterocycles. The zero-order chi connectivity index (χ0) is 16.4. The van der Waals surface area contributed by atoms with Gasteiger partial charge < -0.3 is 14.8 Å². The average Bonchev–Trinajstić information content (AvgIpc) is 3.18. The topological polar surface area (TPSA) is 54.3 Å². The Bertz CT molecular complexity index is 727. The summed E-state index contributed by atoms with van der Waals surface area (Å²) in [6, 6.07) is 9.13. The second-order valence-corrected chi connectivity index (χ2v) is 6.01. The summed E-state index contributed by atoms with van der Waals surface area (Å²) in [5.74, 6) is -0.407. The Morgan fingerprint density at radius 1 is 1.35 bits per heavy atom. The summed E-state index contributed by atoms with van der Waals surface area (Å²) in [7, 11) is 0. The molecule has 23 heavy (non-hydrogen) atoms. The summed E-state index contributed by atoms with van der Waals surface area (Å²) in [4.78, 5) is 26.0. The second-order valence-electron chi connectivity index (χ2n) is 5.57. The van der Waals surface area contributed by atoms with Crippen molar-refractivity contribution in [2.45, 2.75) is 13.3 Å². The number of amides is 2. The van der Waals surface area contributed by atoms with E-state index in [9.17, 15) is 9.59 Å². The molecule has 2 aromatic rings. The second kappa shape index (κ2) is 6.46. The van der Waals surface area contributed by atoms with Crippen LogP contribution in [0.15, 0.2) is 42.7 Å². The molecule has 1 N–H and O–H groups in total. The quantitative estimate of drug-likeness (QED) is 0.936. The van der Waals surface area contributed by atoms with E-state index in [1.165, 1.54) is 0 Å². The molecule has 0 radical (unpaired) electrons. The number of carbonyl (C=O) groups is 2. The van der Waals surface area contributed by atoms with Crippen molar-refractivity contribution in [3.05, 3.63) is 47.7 Å². The Morgan fingerprint density at radius 3 is 2.74 bits per heavy atom. The van der Waals surface area contributed by atoms with E-state index in [-0.39, 0.29) is 24.2 Å². The van der Waals surface area contributed by atoms with E-state index < -0.39 is 0 Å². The lowest BCUT2D eigenvalue weighted by atomic mass is 10.1. The van der Waals surface area contributed by atoms with Crippen LogP contribution in [0.25, 0.3) is 5.69 Å². The number of nitrogens with zero attached hydrogens (tertiary/aromatic N) is 2. The fourth-order valence-electron chi connectivity index (χ4n) is 2.81. The van der Waals surface area contributed by atoms with Crippen LogP contribution in [0.1, 0.15) is 13.3 Å². The van der Waals surface area contributed by atoms with Gasteiger partial charge >= 0.3 is 0 Å². The van der Waals surface area contributed by atoms with Crippen molar-refractivity contribution in [2.24, 2.45) is 5.92 Å². The molecule has 3 rings (SSSR count). The number of benzene rings is 1. The van der Waals surface area contributed by atoms with Crippen LogP contribution in [-0.4, -0.2) is 34.4 Å². The molecular formula is C17H18ClN3O2. The first-order valence-electron chi connectivity index (χ1n) is 7.60. The SMILES string of the molecule is CCN1CC(C(=O)Nc2ccc(Cl)cc2-n2cccc2)CC1=O. The molecule has 5 nitrogen and oxygen atoms in total. The Balaban J connectivity index is 1.81. The van der Waals surface area contributed by atoms with Crippen molar-refractivity contribution in [1.29, 1.82) is 0 Å². The van der Waals surface area contributed by atoms with Gasteiger partial charge in [0.05, 0.1) is 17.3 Å². The van der Waals surface area contributed by atoms with Gasteiger partial charge in [-0.2, -0.15) is 0 Å². The Kier molecular flexibility index (Phi) is 4.39. The molecule has 1 aromatic carbocycles. The maximum Gasteiger partial charge on any atom is 0.229 e. The molecule has 1 fully saturated rings. The minimum Gasteiger partial charge on any atom is -0.342 e. The van der Waals surface area contributed by atoms with Gasteiger partial charge in [0, 0.05) is 36.9 Å². The highest BCUT2D eigenvalue weighted by Gasteiger charge is 2.33. The van der Waals surface area contributed by atoms with E-state index >= 15 is 0 Å². The first-order valence-corrected chi connectivity index (χ1v) is 7.98. The van der Waals surface area contributed by atoms with E-state index in [0.717, 1.165) is 5.69 Å². The van der Waals surface area contributed by atoms with Crippen LogP contribution in [-0.2, 0) is 9.59 Å². The summed E-state index contributed by atoms with van der Waals surface area (Å²) < 4.78 is 1.89. The van der Waals surface area contributed by atoms with E-state index in [2.05, 4.69) is 5.32 Å². The van der Waals surface area contributed by atoms with Crippen molar-refractivity contribution in [2.75, 3.05) is 18.4 Å². The lowest BCUT2D eigenvalue weighted by molar-refractivity contribution is -0.128. The van der Waals surface area contributed by atoms with Gasteiger partial charge in [-0.1, -0.05) is 11.6 Å². The summed E-state index contributed by atoms with van der Waals surface area (Å²) in [6.45, 7) is 3.04. The molecule has 1 aliphatic heterocycles. The maximum atomic E-state index is 12.5. The van der Waals surface area contributed by atoms with Crippen LogP contribution in [0.4, 0.5) is 5.69 Å². The van der Waals surface area contributed by atoms with Gasteiger partial charge in [0.15, 0.2) is 0 Å². The average molecular weight is 332 g/mol. The molecule has 0 aliphatic carbocycles. The third kappa shape index (κ3) is 3.24. The number of carbonyl (C=O) groups excluding carboxylic acids is 2. The molecule has 6 heteroatoms. The molecule has 0 bridgehead atoms. The fraction of sp³-hybridized carbons (Fsp3) is 0.294. The van der Waals surface area contributed by atoms with Gasteiger partial charge in [-0.15, -0.1) is 0 Å². The number of aromatic nitrogens is 1. The number of hydrogen-bond donors (Lipinski definition) is 1. The third-order valence-corrected chi connectivity index (χ3v) is 4.30. The van der Waals surface area contributed by atoms with Crippen LogP contribution in [0, 0.1) is 5.92 Å². The number of rotatable bonds is 4. The van der Waals surface area contributed by atoms with E-state index in [4.69, 9.17) is 11.6 Å². The third-order valence-electron chi connectivity index (χ3n) is 4.07. The van der Waals surface area contributed by atoms with E-state index in [0.29, 0.717) is 23.8 Å². The Hall–Kier alpha value is -2.27. The summed E-state index contributed by atoms with van der Waals surface area (Å²) in [5, 5.41) is 3.53. The van der Waals surface area contributed by atoms with E-state index in [1.54, 1.807) is 23.1 Å². The van der Waals surface area contributed by atoms with Gasteiger partial charge in [-0.05, 0) is 37.3 Å². The minimum atomic E-state index is -0.310. The number of nitrogens with one attached hydrogen (secondary N) is 1. The molecule has 1 atom stereocenters. The molecule has 0 saturated carbocycles. The molecular weight excluding hydrogens is 314 g/mol. The Morgan fingerprint density at radius 2 is 2.09 bits per heavy atom. The van der Waals surface area contributed by atoms with Crippen LogP contribution < -0.4 is 5.32 Å². The first kappa shape index (κ1) is 15.6. The highest BCUT2D eigenvalue weighted by Crippen LogP contribution is 2.26. The van der Waals surface area contributed by atoms with Crippen LogP contribution in [0.3, 0.4) is 0 Å². The van der Waals surface area contributed by atoms with Crippen molar-refractivity contribution < 1.29 is 9.59 Å². The summed E-state index contributed by atoms with van der Waals surface area (Å²) >= 11 is 6.08. The minimum absolute atomic E-state index is 0.0365. The molecule has 120 valence electrons. The normalized spacial score (nSPS) is 17.6. The molecule has 1 aliphatic rings. The highest BCUT2D eigenvalue weighted by molar-refractivity contribution is 6.31. The predicted octanol–water partition coefficient (Wildman–Crippen LogP) is 2.94. The summed E-state index contributed by atoms with van der Waals surface area (Å²) in [5.41, 5.74) is 1.48. The number of hydrogen-bond acceptors (Lipinski definition) is 2. The lowest BCUT2D eigenvalue weighted by Crippen LogP contribution is -2.28. The van der Waals surface area contributed by atoms with Crippen molar-refractivity contribution in [3.8, 4) is 5.69 Å². The lowest BCUT2D eigenvalue weighted by Gasteiger charge is -2.16. The largest absolute Gasteiger partial charge is 0.342 e. The number of halogens is 1. The van der Waals surface area contributed by atoms with Gasteiger partial charge in [-0.25, -0.2) is 0 Å². The van der Waals surface area contributed by atoms with Crippen molar-refractivity contribution >= 4 is 29.1 Å². The van der Waals surface area contributed by atoms with Gasteiger partial charge in [0.2, 0.25) is 11.8 Å². The zero-order valence-corrected chi connectivity index (χ0v) is 13.6. The molecule has 1 unspecified atom stereocenters. The molecule has 0 spiro atoms. The number of likely N-dealkylation sites (tertiary alicyclic amines) is 1. The van der Waals surface area contributed by atoms with Gasteiger partial charge in [-0.3, -0.25) is 9.59 Å². The standard InChI is InChI=1S/C17H18ClN3O2/c1-2-20-11-12(9-16(20)22)17(23)19-14-6-5-13(18)10-15(14)21-7-3-4-8-21/h3-8,10,12H,2,9,11H2,1H3,(H,19,23). The first-order chi connectivity index (χ1) is 11.1. The molecule has 1 saturated heterocycles. The fourth-order valence-corrected chi connectivity index (χ4v) is 2.97. The monoisotopic (exact) mass is 331 g/mol. The zero-order valence-electron chi connectivity index (χ0n) is 12.8. The highest BCUT2D eigenvalue weighted by atomic mass is 35.5. The maximum absolute atomic E-state index is 12.5. The van der Waals surface area contributed by atoms with Crippen LogP contribution in [0.2, 0.25) is 5.02 Å². The van der Waals surface area contributed by atoms with Crippen LogP contribution in [0.5, 0.6) is 0 Å². The smallest absolute Gasteiger partial charge is 0.229 e.